The van der Waals surface area contributed by atoms with E-state index in [-0.39, 0.29) is 12.4 Å². The molecule has 0 bridgehead atoms. The highest BCUT2D eigenvalue weighted by Crippen LogP contribution is 2.30. The van der Waals surface area contributed by atoms with E-state index in [4.69, 9.17) is 14.2 Å². The molecule has 130 valence electrons. The first-order chi connectivity index (χ1) is 12.0. The van der Waals surface area contributed by atoms with E-state index in [1.54, 1.807) is 30.5 Å². The van der Waals surface area contributed by atoms with E-state index in [0.717, 1.165) is 12.0 Å². The average molecular weight is 341 g/mol. The molecule has 2 heterocycles. The summed E-state index contributed by atoms with van der Waals surface area (Å²) in [6, 6.07) is 10.3. The molecule has 3 rings (SSSR count). The summed E-state index contributed by atoms with van der Waals surface area (Å²) in [5.74, 6) is -0.558. The maximum Gasteiger partial charge on any atom is 0.340 e. The predicted octanol–water partition coefficient (Wildman–Crippen LogP) is 3.18. The zero-order valence-corrected chi connectivity index (χ0v) is 13.8. The lowest BCUT2D eigenvalue weighted by molar-refractivity contribution is -0.140. The van der Waals surface area contributed by atoms with E-state index in [1.165, 1.54) is 12.5 Å². The summed E-state index contributed by atoms with van der Waals surface area (Å²) in [6.07, 6.45) is 5.87. The zero-order valence-electron chi connectivity index (χ0n) is 13.8. The number of nitrogens with zero attached hydrogens (tertiary/aromatic N) is 1. The van der Waals surface area contributed by atoms with E-state index in [0.29, 0.717) is 17.7 Å². The summed E-state index contributed by atoms with van der Waals surface area (Å²) in [6.45, 7) is 1.84. The summed E-state index contributed by atoms with van der Waals surface area (Å²) < 4.78 is 16.6. The highest BCUT2D eigenvalue weighted by atomic mass is 16.7. The highest BCUT2D eigenvalue weighted by molar-refractivity contribution is 5.88. The van der Waals surface area contributed by atoms with Crippen LogP contribution in [0, 0.1) is 0 Å². The van der Waals surface area contributed by atoms with Crippen LogP contribution in [0.15, 0.2) is 60.8 Å². The molecule has 1 N–H and O–H groups in total. The third-order valence-corrected chi connectivity index (χ3v) is 3.83. The first kappa shape index (κ1) is 16.8. The molecule has 0 saturated heterocycles. The molecule has 1 unspecified atom stereocenters. The van der Waals surface area contributed by atoms with Crippen LogP contribution in [-0.4, -0.2) is 28.5 Å². The predicted molar refractivity (Wildman–Crippen MR) is 89.6 cm³/mol. The van der Waals surface area contributed by atoms with Crippen molar-refractivity contribution in [1.82, 2.24) is 4.98 Å². The minimum Gasteiger partial charge on any atom is -0.508 e. The molecule has 1 aliphatic rings. The normalized spacial score (nSPS) is 18.8. The quantitative estimate of drug-likeness (QED) is 0.813. The van der Waals surface area contributed by atoms with Crippen LogP contribution in [0.1, 0.15) is 29.3 Å². The van der Waals surface area contributed by atoms with Gasteiger partial charge < -0.3 is 19.3 Å². The van der Waals surface area contributed by atoms with Gasteiger partial charge in [0.25, 0.3) is 0 Å². The van der Waals surface area contributed by atoms with E-state index in [9.17, 15) is 9.90 Å². The SMILES string of the molecule is CC1(CCc2ccc(O)cc2)OC=C(COC(=O)c2cccnc2)O1. The van der Waals surface area contributed by atoms with Crippen LogP contribution in [0.2, 0.25) is 0 Å². The Balaban J connectivity index is 1.47. The fourth-order valence-electron chi connectivity index (χ4n) is 2.43. The van der Waals surface area contributed by atoms with Gasteiger partial charge in [0.15, 0.2) is 12.4 Å². The zero-order chi connectivity index (χ0) is 17.7. The van der Waals surface area contributed by atoms with E-state index >= 15 is 0 Å². The molecule has 1 aliphatic heterocycles. The number of hydrogen-bond donors (Lipinski definition) is 1. The van der Waals surface area contributed by atoms with Crippen molar-refractivity contribution in [2.75, 3.05) is 6.61 Å². The van der Waals surface area contributed by atoms with Crippen molar-refractivity contribution < 1.29 is 24.1 Å². The molecule has 1 atom stereocenters. The summed E-state index contributed by atoms with van der Waals surface area (Å²) in [5, 5.41) is 9.30. The minimum atomic E-state index is -0.798. The van der Waals surface area contributed by atoms with Crippen LogP contribution in [0.25, 0.3) is 0 Å². The van der Waals surface area contributed by atoms with Gasteiger partial charge in [0.05, 0.1) is 5.56 Å². The van der Waals surface area contributed by atoms with Crippen molar-refractivity contribution in [2.45, 2.75) is 25.6 Å². The number of hydrogen-bond acceptors (Lipinski definition) is 6. The first-order valence-corrected chi connectivity index (χ1v) is 7.95. The van der Waals surface area contributed by atoms with Crippen LogP contribution in [0.3, 0.4) is 0 Å². The average Bonchev–Trinajstić information content (AvgIpc) is 3.02. The largest absolute Gasteiger partial charge is 0.508 e. The number of benzene rings is 1. The maximum absolute atomic E-state index is 11.9. The molecule has 6 heteroatoms. The van der Waals surface area contributed by atoms with Crippen molar-refractivity contribution in [3.8, 4) is 5.75 Å². The Kier molecular flexibility index (Phi) is 4.88. The van der Waals surface area contributed by atoms with E-state index in [1.807, 2.05) is 19.1 Å². The lowest BCUT2D eigenvalue weighted by Crippen LogP contribution is -2.27. The maximum atomic E-state index is 11.9. The van der Waals surface area contributed by atoms with Crippen LogP contribution < -0.4 is 0 Å². The second kappa shape index (κ2) is 7.25. The van der Waals surface area contributed by atoms with Crippen LogP contribution in [0.4, 0.5) is 0 Å². The highest BCUT2D eigenvalue weighted by Gasteiger charge is 2.33. The van der Waals surface area contributed by atoms with Gasteiger partial charge in [-0.3, -0.25) is 4.98 Å². The summed E-state index contributed by atoms with van der Waals surface area (Å²) >= 11 is 0. The number of aromatic nitrogens is 1. The Morgan fingerprint density at radius 1 is 1.28 bits per heavy atom. The molecular formula is C19H19NO5. The van der Waals surface area contributed by atoms with Gasteiger partial charge in [0.1, 0.15) is 12.0 Å². The Bertz CT molecular complexity index is 757. The van der Waals surface area contributed by atoms with Crippen molar-refractivity contribution in [3.05, 3.63) is 71.9 Å². The van der Waals surface area contributed by atoms with Crippen molar-refractivity contribution in [3.63, 3.8) is 0 Å². The monoisotopic (exact) mass is 341 g/mol. The van der Waals surface area contributed by atoms with E-state index in [2.05, 4.69) is 4.98 Å². The minimum absolute atomic E-state index is 0.00251. The number of pyridine rings is 1. The van der Waals surface area contributed by atoms with Crippen molar-refractivity contribution in [2.24, 2.45) is 0 Å². The van der Waals surface area contributed by atoms with E-state index < -0.39 is 11.8 Å². The Labute approximate surface area is 145 Å². The lowest BCUT2D eigenvalue weighted by Gasteiger charge is -2.24. The van der Waals surface area contributed by atoms with Crippen LogP contribution in [-0.2, 0) is 20.6 Å². The Hall–Kier alpha value is -3.02. The fraction of sp³-hybridized carbons (Fsp3) is 0.263. The van der Waals surface area contributed by atoms with Gasteiger partial charge in [-0.15, -0.1) is 0 Å². The molecule has 0 aliphatic carbocycles. The van der Waals surface area contributed by atoms with Gasteiger partial charge in [-0.2, -0.15) is 0 Å². The second-order valence-corrected chi connectivity index (χ2v) is 5.92. The number of aryl methyl sites for hydroxylation is 1. The van der Waals surface area contributed by atoms with Crippen molar-refractivity contribution >= 4 is 5.97 Å². The smallest absolute Gasteiger partial charge is 0.340 e. The van der Waals surface area contributed by atoms with Gasteiger partial charge in [-0.05, 0) is 36.2 Å². The molecule has 6 nitrogen and oxygen atoms in total. The summed E-state index contributed by atoms with van der Waals surface area (Å²) in [7, 11) is 0. The number of esters is 1. The van der Waals surface area contributed by atoms with Gasteiger partial charge in [-0.25, -0.2) is 4.79 Å². The third-order valence-electron chi connectivity index (χ3n) is 3.83. The molecule has 0 amide bonds. The van der Waals surface area contributed by atoms with Crippen molar-refractivity contribution in [1.29, 1.82) is 0 Å². The summed E-state index contributed by atoms with van der Waals surface area (Å²) in [5.41, 5.74) is 1.46. The lowest BCUT2D eigenvalue weighted by atomic mass is 10.1. The Morgan fingerprint density at radius 3 is 2.80 bits per heavy atom. The molecule has 2 aromatic rings. The Morgan fingerprint density at radius 2 is 2.08 bits per heavy atom. The number of aromatic hydroxyl groups is 1. The van der Waals surface area contributed by atoms with Gasteiger partial charge >= 0.3 is 5.97 Å². The second-order valence-electron chi connectivity index (χ2n) is 5.92. The standard InChI is InChI=1S/C19H19NO5/c1-19(9-8-14-4-6-16(21)7-5-14)24-13-17(25-19)12-23-18(22)15-3-2-10-20-11-15/h2-7,10-11,13,21H,8-9,12H2,1H3. The molecule has 0 radical (unpaired) electrons. The van der Waals surface area contributed by atoms with Crippen LogP contribution in [0.5, 0.6) is 5.75 Å². The molecule has 1 aromatic carbocycles. The fourth-order valence-corrected chi connectivity index (χ4v) is 2.43. The molecule has 0 fully saturated rings. The number of phenols is 1. The number of rotatable bonds is 6. The third kappa shape index (κ3) is 4.50. The van der Waals surface area contributed by atoms with Crippen LogP contribution >= 0.6 is 0 Å². The molecular weight excluding hydrogens is 322 g/mol. The van der Waals surface area contributed by atoms with Gasteiger partial charge in [0.2, 0.25) is 5.79 Å². The summed E-state index contributed by atoms with van der Waals surface area (Å²) in [4.78, 5) is 15.8. The van der Waals surface area contributed by atoms with Gasteiger partial charge in [0, 0.05) is 25.7 Å². The number of ether oxygens (including phenoxy) is 3. The molecule has 1 aromatic heterocycles. The molecule has 25 heavy (non-hydrogen) atoms. The topological polar surface area (TPSA) is 77.9 Å². The number of carbonyl (C=O) groups is 1. The first-order valence-electron chi connectivity index (χ1n) is 7.95. The number of carbonyl (C=O) groups excluding carboxylic acids is 1. The number of phenolic OH excluding ortho intramolecular Hbond substituents is 1. The van der Waals surface area contributed by atoms with Gasteiger partial charge in [-0.1, -0.05) is 12.1 Å². The molecule has 0 saturated carbocycles. The molecule has 0 spiro atoms.